The fraction of sp³-hybridized carbons (Fsp3) is 0.0455. The van der Waals surface area contributed by atoms with Crippen LogP contribution in [0, 0.1) is 11.6 Å². The Morgan fingerprint density at radius 1 is 0.935 bits per heavy atom. The molecule has 0 aliphatic heterocycles. The van der Waals surface area contributed by atoms with Crippen LogP contribution in [0.2, 0.25) is 0 Å². The Morgan fingerprint density at radius 3 is 2.45 bits per heavy atom. The van der Waals surface area contributed by atoms with E-state index < -0.39 is 11.7 Å². The van der Waals surface area contributed by atoms with Gasteiger partial charge in [0.25, 0.3) is 5.91 Å². The summed E-state index contributed by atoms with van der Waals surface area (Å²) < 4.78 is 28.2. The number of carbonyl (C=O) groups excluding carboxylic acids is 2. The zero-order valence-electron chi connectivity index (χ0n) is 15.9. The summed E-state index contributed by atoms with van der Waals surface area (Å²) in [7, 11) is 0. The molecule has 0 bridgehead atoms. The first-order valence-corrected chi connectivity index (χ1v) is 10.9. The highest BCUT2D eigenvalue weighted by Gasteiger charge is 2.13. The summed E-state index contributed by atoms with van der Waals surface area (Å²) in [4.78, 5) is 28.9. The summed E-state index contributed by atoms with van der Waals surface area (Å²) >= 11 is 2.66. The summed E-state index contributed by atoms with van der Waals surface area (Å²) in [6.45, 7) is 0. The van der Waals surface area contributed by atoms with Crippen molar-refractivity contribution in [1.29, 1.82) is 0 Å². The minimum absolute atomic E-state index is 0.0321. The van der Waals surface area contributed by atoms with E-state index in [2.05, 4.69) is 15.6 Å². The van der Waals surface area contributed by atoms with Crippen molar-refractivity contribution in [1.82, 2.24) is 4.98 Å². The number of nitrogens with zero attached hydrogens (tertiary/aromatic N) is 1. The van der Waals surface area contributed by atoms with Crippen molar-refractivity contribution < 1.29 is 18.4 Å². The number of aromatic nitrogens is 1. The van der Waals surface area contributed by atoms with E-state index in [1.165, 1.54) is 65.6 Å². The van der Waals surface area contributed by atoms with Crippen LogP contribution < -0.4 is 10.6 Å². The highest BCUT2D eigenvalue weighted by molar-refractivity contribution is 8.01. The number of rotatable bonds is 6. The Kier molecular flexibility index (Phi) is 6.24. The molecule has 2 amide bonds. The van der Waals surface area contributed by atoms with Crippen LogP contribution in [-0.4, -0.2) is 22.6 Å². The molecule has 0 aliphatic rings. The zero-order valence-corrected chi connectivity index (χ0v) is 17.5. The number of benzene rings is 3. The molecular weight excluding hydrogens is 440 g/mol. The van der Waals surface area contributed by atoms with E-state index in [4.69, 9.17) is 0 Å². The highest BCUT2D eigenvalue weighted by atomic mass is 32.2. The van der Waals surface area contributed by atoms with Gasteiger partial charge in [-0.15, -0.1) is 11.3 Å². The third kappa shape index (κ3) is 5.25. The van der Waals surface area contributed by atoms with Crippen molar-refractivity contribution in [2.75, 3.05) is 16.4 Å². The lowest BCUT2D eigenvalue weighted by Crippen LogP contribution is -2.13. The number of hydrogen-bond donors (Lipinski definition) is 2. The predicted molar refractivity (Wildman–Crippen MR) is 120 cm³/mol. The standard InChI is InChI=1S/C22H15F2N3O2S2/c23-13-5-7-14(8-6-13)25-20(28)12-30-22-27-18-10-9-15(11-19(18)31-22)26-21(29)16-3-1-2-4-17(16)24/h1-11H,12H2,(H,25,28)(H,26,29). The molecule has 0 saturated carbocycles. The highest BCUT2D eigenvalue weighted by Crippen LogP contribution is 2.31. The van der Waals surface area contributed by atoms with Crippen LogP contribution in [0.3, 0.4) is 0 Å². The molecule has 9 heteroatoms. The molecule has 3 aromatic carbocycles. The number of thiazole rings is 1. The van der Waals surface area contributed by atoms with Crippen LogP contribution in [0.25, 0.3) is 10.2 Å². The van der Waals surface area contributed by atoms with E-state index in [9.17, 15) is 18.4 Å². The van der Waals surface area contributed by atoms with Crippen molar-refractivity contribution in [2.24, 2.45) is 0 Å². The average Bonchev–Trinajstić information content (AvgIpc) is 3.16. The first kappa shape index (κ1) is 21.0. The second kappa shape index (κ2) is 9.23. The number of halogens is 2. The molecule has 0 unspecified atom stereocenters. The summed E-state index contributed by atoms with van der Waals surface area (Å²) in [5.41, 5.74) is 1.74. The topological polar surface area (TPSA) is 71.1 Å². The van der Waals surface area contributed by atoms with Crippen molar-refractivity contribution in [3.05, 3.63) is 83.9 Å². The zero-order chi connectivity index (χ0) is 21.8. The minimum Gasteiger partial charge on any atom is -0.325 e. The number of fused-ring (bicyclic) bond motifs is 1. The molecule has 0 fully saturated rings. The van der Waals surface area contributed by atoms with Crippen molar-refractivity contribution in [3.8, 4) is 0 Å². The summed E-state index contributed by atoms with van der Waals surface area (Å²) in [5, 5.41) is 5.38. The Labute approximate surface area is 184 Å². The normalized spacial score (nSPS) is 10.8. The second-order valence-corrected chi connectivity index (χ2v) is 8.69. The van der Waals surface area contributed by atoms with Crippen LogP contribution in [0.1, 0.15) is 10.4 Å². The van der Waals surface area contributed by atoms with E-state index in [1.807, 2.05) is 0 Å². The lowest BCUT2D eigenvalue weighted by molar-refractivity contribution is -0.113. The third-order valence-corrected chi connectivity index (χ3v) is 6.36. The molecule has 1 aromatic heterocycles. The third-order valence-electron chi connectivity index (χ3n) is 4.20. The summed E-state index contributed by atoms with van der Waals surface area (Å²) in [5.74, 6) is -1.57. The molecule has 31 heavy (non-hydrogen) atoms. The number of thioether (sulfide) groups is 1. The van der Waals surface area contributed by atoms with E-state index in [0.717, 1.165) is 10.2 Å². The van der Waals surface area contributed by atoms with Gasteiger partial charge in [-0.1, -0.05) is 23.9 Å². The smallest absolute Gasteiger partial charge is 0.258 e. The van der Waals surface area contributed by atoms with Gasteiger partial charge < -0.3 is 10.6 Å². The fourth-order valence-corrected chi connectivity index (χ4v) is 4.65. The first-order chi connectivity index (χ1) is 15.0. The Hall–Kier alpha value is -3.30. The maximum atomic E-state index is 13.8. The monoisotopic (exact) mass is 455 g/mol. The van der Waals surface area contributed by atoms with Gasteiger partial charge in [-0.3, -0.25) is 9.59 Å². The molecule has 0 atom stereocenters. The Bertz CT molecular complexity index is 1260. The van der Waals surface area contributed by atoms with Crippen LogP contribution >= 0.6 is 23.1 Å². The first-order valence-electron chi connectivity index (χ1n) is 9.12. The molecule has 156 valence electrons. The number of carbonyl (C=O) groups is 2. The molecule has 4 rings (SSSR count). The molecule has 1 heterocycles. The molecule has 0 aliphatic carbocycles. The van der Waals surface area contributed by atoms with Gasteiger partial charge in [0.2, 0.25) is 5.91 Å². The summed E-state index contributed by atoms with van der Waals surface area (Å²) in [6.07, 6.45) is 0. The van der Waals surface area contributed by atoms with E-state index >= 15 is 0 Å². The quantitative estimate of drug-likeness (QED) is 0.374. The van der Waals surface area contributed by atoms with Crippen LogP contribution in [0.4, 0.5) is 20.2 Å². The van der Waals surface area contributed by atoms with Gasteiger partial charge in [-0.05, 0) is 54.6 Å². The largest absolute Gasteiger partial charge is 0.325 e. The van der Waals surface area contributed by atoms with Crippen LogP contribution in [0.5, 0.6) is 0 Å². The molecule has 5 nitrogen and oxygen atoms in total. The minimum atomic E-state index is -0.587. The van der Waals surface area contributed by atoms with Crippen LogP contribution in [0.15, 0.2) is 71.1 Å². The Balaban J connectivity index is 1.39. The van der Waals surface area contributed by atoms with E-state index in [1.54, 1.807) is 24.3 Å². The predicted octanol–water partition coefficient (Wildman–Crippen LogP) is 5.56. The van der Waals surface area contributed by atoms with Gasteiger partial charge in [0, 0.05) is 11.4 Å². The molecular formula is C22H15F2N3O2S2. The van der Waals surface area contributed by atoms with E-state index in [0.29, 0.717) is 15.7 Å². The van der Waals surface area contributed by atoms with Gasteiger partial charge in [-0.2, -0.15) is 0 Å². The van der Waals surface area contributed by atoms with Crippen molar-refractivity contribution >= 4 is 56.5 Å². The molecule has 0 radical (unpaired) electrons. The van der Waals surface area contributed by atoms with Gasteiger partial charge in [0.1, 0.15) is 11.6 Å². The number of hydrogen-bond acceptors (Lipinski definition) is 5. The number of amides is 2. The maximum Gasteiger partial charge on any atom is 0.258 e. The second-order valence-electron chi connectivity index (χ2n) is 6.44. The van der Waals surface area contributed by atoms with Gasteiger partial charge in [0.15, 0.2) is 4.34 Å². The maximum absolute atomic E-state index is 13.8. The lowest BCUT2D eigenvalue weighted by Gasteiger charge is -2.05. The molecule has 0 spiro atoms. The fourth-order valence-electron chi connectivity index (χ4n) is 2.74. The number of anilines is 2. The molecule has 4 aromatic rings. The molecule has 2 N–H and O–H groups in total. The van der Waals surface area contributed by atoms with Gasteiger partial charge >= 0.3 is 0 Å². The average molecular weight is 456 g/mol. The van der Waals surface area contributed by atoms with Gasteiger partial charge in [0.05, 0.1) is 21.5 Å². The van der Waals surface area contributed by atoms with Crippen molar-refractivity contribution in [2.45, 2.75) is 4.34 Å². The SMILES string of the molecule is O=C(CSc1nc2ccc(NC(=O)c3ccccc3F)cc2s1)Nc1ccc(F)cc1. The van der Waals surface area contributed by atoms with Gasteiger partial charge in [-0.25, -0.2) is 13.8 Å². The Morgan fingerprint density at radius 2 is 1.68 bits per heavy atom. The van der Waals surface area contributed by atoms with Crippen molar-refractivity contribution in [3.63, 3.8) is 0 Å². The number of nitrogens with one attached hydrogen (secondary N) is 2. The molecule has 0 saturated heterocycles. The lowest BCUT2D eigenvalue weighted by atomic mass is 10.2. The van der Waals surface area contributed by atoms with Crippen LogP contribution in [-0.2, 0) is 4.79 Å². The summed E-state index contributed by atoms with van der Waals surface area (Å²) in [6, 6.07) is 16.5. The van der Waals surface area contributed by atoms with E-state index in [-0.39, 0.29) is 23.0 Å².